The first-order valence-corrected chi connectivity index (χ1v) is 15.4. The van der Waals surface area contributed by atoms with E-state index in [-0.39, 0.29) is 23.3 Å². The molecule has 0 spiro atoms. The maximum absolute atomic E-state index is 12.6. The number of nitrogens with two attached hydrogens (primary N) is 1. The van der Waals surface area contributed by atoms with Gasteiger partial charge in [-0.3, -0.25) is 15.6 Å². The van der Waals surface area contributed by atoms with Gasteiger partial charge in [0.25, 0.3) is 0 Å². The number of hydrogen-bond donors (Lipinski definition) is 4. The first-order valence-electron chi connectivity index (χ1n) is 13.8. The summed E-state index contributed by atoms with van der Waals surface area (Å²) in [5.74, 6) is -0.237. The van der Waals surface area contributed by atoms with Gasteiger partial charge in [-0.1, -0.05) is 92.7 Å². The molecule has 4 aromatic rings. The summed E-state index contributed by atoms with van der Waals surface area (Å²) in [7, 11) is -3.96. The fraction of sp³-hybridized carbons (Fsp3) is 0.182. The molecule has 44 heavy (non-hydrogen) atoms. The van der Waals surface area contributed by atoms with Crippen molar-refractivity contribution in [3.05, 3.63) is 120 Å². The number of carbonyl (C=O) groups is 2. The summed E-state index contributed by atoms with van der Waals surface area (Å²) in [5, 5.41) is 26.5. The highest BCUT2D eigenvalue weighted by Crippen LogP contribution is 2.30. The second-order valence-electron chi connectivity index (χ2n) is 10.5. The van der Waals surface area contributed by atoms with Crippen LogP contribution in [-0.4, -0.2) is 37.6 Å². The predicted molar refractivity (Wildman–Crippen MR) is 169 cm³/mol. The molecule has 1 unspecified atom stereocenters. The van der Waals surface area contributed by atoms with Crippen LogP contribution in [0.4, 0.5) is 15.3 Å². The molecule has 0 fully saturated rings. The lowest BCUT2D eigenvalue weighted by atomic mass is 9.93. The molecule has 0 heterocycles. The first kappa shape index (κ1) is 31.9. The van der Waals surface area contributed by atoms with Gasteiger partial charge in [-0.25, -0.2) is 23.1 Å². The van der Waals surface area contributed by atoms with Gasteiger partial charge in [0.2, 0.25) is 10.0 Å². The van der Waals surface area contributed by atoms with Gasteiger partial charge in [-0.15, -0.1) is 0 Å². The van der Waals surface area contributed by atoms with E-state index in [0.717, 1.165) is 11.1 Å². The quantitative estimate of drug-likeness (QED) is 0.126. The number of amidine groups is 1. The number of amides is 2. The lowest BCUT2D eigenvalue weighted by Crippen LogP contribution is -2.44. The number of carbonyl (C=O) groups excluding carboxylic acids is 1. The zero-order chi connectivity index (χ0) is 31.9. The zero-order valence-electron chi connectivity index (χ0n) is 24.3. The molecule has 4 aromatic carbocycles. The van der Waals surface area contributed by atoms with Gasteiger partial charge in [-0.2, -0.15) is 0 Å². The van der Waals surface area contributed by atoms with Crippen molar-refractivity contribution in [2.75, 3.05) is 4.90 Å². The second-order valence-corrected chi connectivity index (χ2v) is 12.0. The molecule has 5 N–H and O–H groups in total. The summed E-state index contributed by atoms with van der Waals surface area (Å²) < 4.78 is 29.4. The Bertz CT molecular complexity index is 1740. The molecule has 0 radical (unpaired) electrons. The van der Waals surface area contributed by atoms with Crippen molar-refractivity contribution in [1.82, 2.24) is 5.32 Å². The lowest BCUT2D eigenvalue weighted by Gasteiger charge is -2.33. The van der Waals surface area contributed by atoms with E-state index < -0.39 is 28.3 Å². The van der Waals surface area contributed by atoms with Gasteiger partial charge in [-0.05, 0) is 53.3 Å². The number of nitrogens with zero attached hydrogens (tertiary/aromatic N) is 1. The number of sulfonamides is 1. The lowest BCUT2D eigenvalue weighted by molar-refractivity contribution is 0.145. The van der Waals surface area contributed by atoms with E-state index in [4.69, 9.17) is 15.3 Å². The maximum atomic E-state index is 12.6. The molecule has 11 heteroatoms. The van der Waals surface area contributed by atoms with Gasteiger partial charge >= 0.3 is 12.2 Å². The second kappa shape index (κ2) is 14.0. The van der Waals surface area contributed by atoms with Crippen molar-refractivity contribution >= 4 is 33.7 Å². The monoisotopic (exact) mass is 614 g/mol. The molecule has 10 nitrogen and oxygen atoms in total. The van der Waals surface area contributed by atoms with E-state index >= 15 is 0 Å². The van der Waals surface area contributed by atoms with Gasteiger partial charge in [0, 0.05) is 22.9 Å². The largest absolute Gasteiger partial charge is 0.465 e. The van der Waals surface area contributed by atoms with Crippen LogP contribution in [0, 0.1) is 11.3 Å². The van der Waals surface area contributed by atoms with Crippen molar-refractivity contribution in [3.8, 4) is 11.1 Å². The summed E-state index contributed by atoms with van der Waals surface area (Å²) in [5.41, 5.74) is 3.45. The zero-order valence-corrected chi connectivity index (χ0v) is 25.1. The molecule has 0 aliphatic heterocycles. The normalized spacial score (nSPS) is 11.9. The maximum Gasteiger partial charge on any atom is 0.413 e. The van der Waals surface area contributed by atoms with Crippen LogP contribution in [0.15, 0.2) is 108 Å². The minimum absolute atomic E-state index is 0.0210. The Hall–Kier alpha value is -5.00. The highest BCUT2D eigenvalue weighted by molar-refractivity contribution is 7.89. The Kier molecular flexibility index (Phi) is 10.1. The number of primary sulfonamides is 1. The Morgan fingerprint density at radius 1 is 0.909 bits per heavy atom. The molecular weight excluding hydrogens is 580 g/mol. The van der Waals surface area contributed by atoms with Crippen LogP contribution in [0.3, 0.4) is 0 Å². The average molecular weight is 615 g/mol. The van der Waals surface area contributed by atoms with Gasteiger partial charge < -0.3 is 9.84 Å². The molecule has 0 aliphatic carbocycles. The van der Waals surface area contributed by atoms with Crippen molar-refractivity contribution < 1.29 is 27.9 Å². The van der Waals surface area contributed by atoms with E-state index in [1.54, 1.807) is 60.7 Å². The molecule has 228 valence electrons. The third-order valence-electron chi connectivity index (χ3n) is 7.06. The Balaban J connectivity index is 1.51. The van der Waals surface area contributed by atoms with Crippen LogP contribution in [0.25, 0.3) is 11.1 Å². The van der Waals surface area contributed by atoms with Crippen LogP contribution >= 0.6 is 0 Å². The summed E-state index contributed by atoms with van der Waals surface area (Å²) in [4.78, 5) is 26.1. The fourth-order valence-corrected chi connectivity index (χ4v) is 5.61. The van der Waals surface area contributed by atoms with Gasteiger partial charge in [0.05, 0.1) is 4.90 Å². The number of ether oxygens (including phenoxy) is 1. The number of nitrogens with one attached hydrogen (secondary N) is 2. The highest BCUT2D eigenvalue weighted by Gasteiger charge is 2.28. The molecule has 0 saturated carbocycles. The number of carboxylic acid groups (broad SMARTS) is 1. The smallest absolute Gasteiger partial charge is 0.413 e. The molecule has 4 rings (SSSR count). The number of rotatable bonds is 10. The van der Waals surface area contributed by atoms with Crippen molar-refractivity contribution in [2.24, 2.45) is 11.1 Å². The minimum atomic E-state index is -3.96. The van der Waals surface area contributed by atoms with Crippen LogP contribution in [0.1, 0.15) is 30.5 Å². The van der Waals surface area contributed by atoms with Crippen LogP contribution in [-0.2, 0) is 27.8 Å². The predicted octanol–water partition coefficient (Wildman–Crippen LogP) is 6.00. The highest BCUT2D eigenvalue weighted by atomic mass is 32.2. The Morgan fingerprint density at radius 3 is 2.18 bits per heavy atom. The SMILES string of the molecule is CC(C)C(Cc1cccc(C(=N)NC(=O)OCc2ccccc2)c1)N(C(=O)O)c1ccc(-c2ccccc2S(N)(=O)=O)cc1. The molecule has 2 amide bonds. The molecule has 0 aromatic heterocycles. The van der Waals surface area contributed by atoms with E-state index in [1.807, 2.05) is 50.2 Å². The first-order chi connectivity index (χ1) is 20.9. The van der Waals surface area contributed by atoms with Crippen molar-refractivity contribution in [1.29, 1.82) is 5.41 Å². The molecule has 0 saturated heterocycles. The standard InChI is InChI=1S/C33H34N4O6S/c1-22(2)29(20-24-11-8-12-26(19-24)31(34)36-32(38)43-21-23-9-4-3-5-10-23)37(33(39)40)27-17-15-25(16-18-27)28-13-6-7-14-30(28)44(35,41)42/h3-19,22,29H,20-21H2,1-2H3,(H,39,40)(H2,34,36,38)(H2,35,41,42). The van der Waals surface area contributed by atoms with Gasteiger partial charge in [0.15, 0.2) is 0 Å². The van der Waals surface area contributed by atoms with E-state index in [2.05, 4.69) is 5.32 Å². The number of anilines is 1. The average Bonchev–Trinajstić information content (AvgIpc) is 3.00. The van der Waals surface area contributed by atoms with E-state index in [0.29, 0.717) is 28.8 Å². The molecule has 0 bridgehead atoms. The Morgan fingerprint density at radius 2 is 1.55 bits per heavy atom. The molecular formula is C33H34N4O6S. The molecule has 1 atom stereocenters. The van der Waals surface area contributed by atoms with Crippen LogP contribution in [0.2, 0.25) is 0 Å². The summed E-state index contributed by atoms with van der Waals surface area (Å²) >= 11 is 0. The summed E-state index contributed by atoms with van der Waals surface area (Å²) in [6.45, 7) is 3.92. The topological polar surface area (TPSA) is 163 Å². The van der Waals surface area contributed by atoms with E-state index in [1.165, 1.54) is 11.0 Å². The van der Waals surface area contributed by atoms with Crippen molar-refractivity contribution in [2.45, 2.75) is 37.8 Å². The molecule has 0 aliphatic rings. The fourth-order valence-electron chi connectivity index (χ4n) is 4.85. The van der Waals surface area contributed by atoms with E-state index in [9.17, 15) is 23.1 Å². The number of benzene rings is 4. The summed E-state index contributed by atoms with van der Waals surface area (Å²) in [6.07, 6.45) is -1.57. The summed E-state index contributed by atoms with van der Waals surface area (Å²) in [6, 6.07) is 28.7. The Labute approximate surface area is 256 Å². The third kappa shape index (κ3) is 8.09. The third-order valence-corrected chi connectivity index (χ3v) is 8.03. The number of alkyl carbamates (subject to hydrolysis) is 1. The van der Waals surface area contributed by atoms with Crippen LogP contribution in [0.5, 0.6) is 0 Å². The van der Waals surface area contributed by atoms with Crippen molar-refractivity contribution in [3.63, 3.8) is 0 Å². The van der Waals surface area contributed by atoms with Gasteiger partial charge in [0.1, 0.15) is 12.4 Å². The van der Waals surface area contributed by atoms with Crippen LogP contribution < -0.4 is 15.4 Å². The minimum Gasteiger partial charge on any atom is -0.465 e. The number of hydrogen-bond acceptors (Lipinski definition) is 6.